The fraction of sp³-hybridized carbons (Fsp3) is 0.263. The maximum atomic E-state index is 12.9. The predicted octanol–water partition coefficient (Wildman–Crippen LogP) is 2.22. The van der Waals surface area contributed by atoms with Crippen LogP contribution in [0.15, 0.2) is 42.5 Å². The molecule has 0 saturated heterocycles. The second-order valence-corrected chi connectivity index (χ2v) is 6.03. The largest absolute Gasteiger partial charge is 0.423 e. The second-order valence-electron chi connectivity index (χ2n) is 6.03. The number of hydrogen-bond acceptors (Lipinski definition) is 4. The van der Waals surface area contributed by atoms with E-state index in [1.165, 1.54) is 12.1 Å². The van der Waals surface area contributed by atoms with E-state index in [4.69, 9.17) is 4.74 Å². The third kappa shape index (κ3) is 4.35. The van der Waals surface area contributed by atoms with E-state index in [2.05, 4.69) is 5.32 Å². The maximum absolute atomic E-state index is 12.9. The van der Waals surface area contributed by atoms with Gasteiger partial charge in [-0.2, -0.15) is 0 Å². The van der Waals surface area contributed by atoms with Crippen LogP contribution in [0.4, 0.5) is 10.1 Å². The summed E-state index contributed by atoms with van der Waals surface area (Å²) >= 11 is 0. The number of amides is 1. The number of ether oxygens (including phenoxy) is 1. The molecule has 0 spiro atoms. The lowest BCUT2D eigenvalue weighted by Crippen LogP contribution is -2.43. The highest BCUT2D eigenvalue weighted by molar-refractivity contribution is 5.89. The Hall–Kier alpha value is -2.89. The summed E-state index contributed by atoms with van der Waals surface area (Å²) in [5.41, 5.74) is 2.72. The summed E-state index contributed by atoms with van der Waals surface area (Å²) < 4.78 is 18.1. The number of rotatable bonds is 5. The first-order valence-corrected chi connectivity index (χ1v) is 8.09. The number of nitrogens with one attached hydrogen (secondary N) is 1. The number of hydrogen-bond donors (Lipinski definition) is 1. The number of fused-ring (bicyclic) bond motifs is 1. The van der Waals surface area contributed by atoms with Crippen LogP contribution in [0.2, 0.25) is 0 Å². The number of anilines is 1. The number of esters is 1. The Kier molecular flexibility index (Phi) is 4.97. The molecule has 0 aromatic heterocycles. The van der Waals surface area contributed by atoms with Crippen LogP contribution in [0.1, 0.15) is 11.1 Å². The van der Waals surface area contributed by atoms with Crippen LogP contribution in [-0.2, 0) is 16.0 Å². The minimum Gasteiger partial charge on any atom is -0.423 e. The Morgan fingerprint density at radius 3 is 2.76 bits per heavy atom. The molecule has 6 heteroatoms. The van der Waals surface area contributed by atoms with Gasteiger partial charge in [0.2, 0.25) is 5.91 Å². The molecule has 0 bridgehead atoms. The van der Waals surface area contributed by atoms with Gasteiger partial charge in [-0.25, -0.2) is 9.18 Å². The first kappa shape index (κ1) is 17.0. The standard InChI is InChI=1S/C19H19FN2O3/c1-13-2-7-17-16(10-13)22(12-19(24)25-17)11-18(23)21-9-8-14-3-5-15(20)6-4-14/h2-7,10H,8-9,11-12H2,1H3,(H,21,23). The highest BCUT2D eigenvalue weighted by Crippen LogP contribution is 2.32. The monoisotopic (exact) mass is 342 g/mol. The van der Waals surface area contributed by atoms with E-state index in [1.54, 1.807) is 23.1 Å². The lowest BCUT2D eigenvalue weighted by Gasteiger charge is -2.29. The van der Waals surface area contributed by atoms with E-state index in [1.807, 2.05) is 19.1 Å². The van der Waals surface area contributed by atoms with Gasteiger partial charge >= 0.3 is 5.97 Å². The van der Waals surface area contributed by atoms with Crippen molar-refractivity contribution in [3.05, 3.63) is 59.4 Å². The van der Waals surface area contributed by atoms with Crippen LogP contribution in [0.3, 0.4) is 0 Å². The molecule has 0 aliphatic carbocycles. The lowest BCUT2D eigenvalue weighted by atomic mass is 10.1. The fourth-order valence-electron chi connectivity index (χ4n) is 2.72. The van der Waals surface area contributed by atoms with Crippen LogP contribution in [-0.4, -0.2) is 31.5 Å². The molecule has 0 radical (unpaired) electrons. The summed E-state index contributed by atoms with van der Waals surface area (Å²) in [6.45, 7) is 2.51. The molecule has 0 saturated carbocycles. The normalized spacial score (nSPS) is 13.2. The molecule has 0 atom stereocenters. The Morgan fingerprint density at radius 1 is 1.24 bits per heavy atom. The highest BCUT2D eigenvalue weighted by atomic mass is 19.1. The van der Waals surface area contributed by atoms with Gasteiger partial charge in [0.25, 0.3) is 0 Å². The van der Waals surface area contributed by atoms with Gasteiger partial charge in [0.05, 0.1) is 12.2 Å². The van der Waals surface area contributed by atoms with Gasteiger partial charge in [0.15, 0.2) is 5.75 Å². The second kappa shape index (κ2) is 7.34. The van der Waals surface area contributed by atoms with Gasteiger partial charge in [0, 0.05) is 6.54 Å². The van der Waals surface area contributed by atoms with E-state index in [0.29, 0.717) is 18.7 Å². The van der Waals surface area contributed by atoms with E-state index >= 15 is 0 Å². The minimum absolute atomic E-state index is 0.0435. The molecule has 1 aliphatic heterocycles. The van der Waals surface area contributed by atoms with E-state index in [0.717, 1.165) is 16.8 Å². The SMILES string of the molecule is Cc1ccc2c(c1)N(CC(=O)NCCc1ccc(F)cc1)CC(=O)O2. The average Bonchev–Trinajstić information content (AvgIpc) is 2.57. The topological polar surface area (TPSA) is 58.6 Å². The van der Waals surface area contributed by atoms with Crippen LogP contribution in [0, 0.1) is 12.7 Å². The molecule has 5 nitrogen and oxygen atoms in total. The molecule has 2 aromatic rings. The van der Waals surface area contributed by atoms with Crippen LogP contribution in [0.5, 0.6) is 5.75 Å². The Balaban J connectivity index is 1.57. The molecular weight excluding hydrogens is 323 g/mol. The summed E-state index contributed by atoms with van der Waals surface area (Å²) in [7, 11) is 0. The fourth-order valence-corrected chi connectivity index (χ4v) is 2.72. The first-order chi connectivity index (χ1) is 12.0. The zero-order valence-electron chi connectivity index (χ0n) is 13.9. The maximum Gasteiger partial charge on any atom is 0.331 e. The van der Waals surface area contributed by atoms with Crippen LogP contribution in [0.25, 0.3) is 0 Å². The number of halogens is 1. The zero-order chi connectivity index (χ0) is 17.8. The molecule has 2 aromatic carbocycles. The van der Waals surface area contributed by atoms with Crippen LogP contribution < -0.4 is 15.0 Å². The number of aryl methyl sites for hydroxylation is 1. The van der Waals surface area contributed by atoms with Crippen molar-refractivity contribution in [3.63, 3.8) is 0 Å². The third-order valence-corrected chi connectivity index (χ3v) is 3.98. The summed E-state index contributed by atoms with van der Waals surface area (Å²) in [4.78, 5) is 25.6. The summed E-state index contributed by atoms with van der Waals surface area (Å²) in [6, 6.07) is 11.7. The number of nitrogens with zero attached hydrogens (tertiary/aromatic N) is 1. The molecule has 130 valence electrons. The molecule has 0 unspecified atom stereocenters. The van der Waals surface area contributed by atoms with Crippen molar-refractivity contribution in [2.24, 2.45) is 0 Å². The molecule has 1 N–H and O–H groups in total. The van der Waals surface area contributed by atoms with Gasteiger partial charge in [-0.15, -0.1) is 0 Å². The van der Waals surface area contributed by atoms with E-state index < -0.39 is 0 Å². The Bertz CT molecular complexity index is 790. The third-order valence-electron chi connectivity index (χ3n) is 3.98. The van der Waals surface area contributed by atoms with Gasteiger partial charge < -0.3 is 15.0 Å². The van der Waals surface area contributed by atoms with Crippen molar-refractivity contribution in [1.82, 2.24) is 5.32 Å². The van der Waals surface area contributed by atoms with E-state index in [9.17, 15) is 14.0 Å². The van der Waals surface area contributed by atoms with Gasteiger partial charge in [-0.05, 0) is 48.7 Å². The summed E-state index contributed by atoms with van der Waals surface area (Å²) in [6.07, 6.45) is 0.615. The van der Waals surface area contributed by atoms with Crippen molar-refractivity contribution < 1.29 is 18.7 Å². The van der Waals surface area contributed by atoms with Crippen molar-refractivity contribution in [2.45, 2.75) is 13.3 Å². The predicted molar refractivity (Wildman–Crippen MR) is 92.1 cm³/mol. The molecule has 1 aliphatic rings. The van der Waals surface area contributed by atoms with E-state index in [-0.39, 0.29) is 30.8 Å². The Morgan fingerprint density at radius 2 is 2.00 bits per heavy atom. The van der Waals surface area contributed by atoms with Crippen molar-refractivity contribution in [2.75, 3.05) is 24.5 Å². The van der Waals surface area contributed by atoms with Gasteiger partial charge in [-0.3, -0.25) is 4.79 Å². The zero-order valence-corrected chi connectivity index (χ0v) is 13.9. The highest BCUT2D eigenvalue weighted by Gasteiger charge is 2.25. The Labute approximate surface area is 145 Å². The molecular formula is C19H19FN2O3. The molecule has 3 rings (SSSR count). The van der Waals surface area contributed by atoms with Gasteiger partial charge in [0.1, 0.15) is 12.4 Å². The number of carbonyl (C=O) groups excluding carboxylic acids is 2. The minimum atomic E-state index is -0.379. The average molecular weight is 342 g/mol. The summed E-state index contributed by atoms with van der Waals surface area (Å²) in [5, 5.41) is 2.83. The molecule has 1 amide bonds. The van der Waals surface area contributed by atoms with Crippen molar-refractivity contribution in [3.8, 4) is 5.75 Å². The number of carbonyl (C=O) groups is 2. The van der Waals surface area contributed by atoms with Crippen molar-refractivity contribution >= 4 is 17.6 Å². The molecule has 25 heavy (non-hydrogen) atoms. The summed E-state index contributed by atoms with van der Waals surface area (Å²) in [5.74, 6) is -0.362. The quantitative estimate of drug-likeness (QED) is 0.669. The number of benzene rings is 2. The van der Waals surface area contributed by atoms with Crippen molar-refractivity contribution in [1.29, 1.82) is 0 Å². The smallest absolute Gasteiger partial charge is 0.331 e. The lowest BCUT2D eigenvalue weighted by molar-refractivity contribution is -0.133. The molecule has 0 fully saturated rings. The first-order valence-electron chi connectivity index (χ1n) is 8.09. The van der Waals surface area contributed by atoms with Crippen LogP contribution >= 0.6 is 0 Å². The van der Waals surface area contributed by atoms with Gasteiger partial charge in [-0.1, -0.05) is 18.2 Å². The molecule has 1 heterocycles.